The van der Waals surface area contributed by atoms with Crippen molar-refractivity contribution in [3.05, 3.63) is 101 Å². The van der Waals surface area contributed by atoms with Gasteiger partial charge in [-0.15, -0.1) is 0 Å². The normalized spacial score (nSPS) is 22.9. The molecule has 0 saturated carbocycles. The van der Waals surface area contributed by atoms with Gasteiger partial charge in [0.15, 0.2) is 0 Å². The van der Waals surface area contributed by atoms with E-state index in [1.807, 2.05) is 30.3 Å². The van der Waals surface area contributed by atoms with Gasteiger partial charge in [0.25, 0.3) is 0 Å². The van der Waals surface area contributed by atoms with Crippen molar-refractivity contribution in [3.8, 4) is 5.75 Å². The Kier molecular flexibility index (Phi) is 5.43. The number of halogens is 1. The minimum Gasteiger partial charge on any atom is -0.489 e. The molecule has 2 saturated heterocycles. The molecule has 3 aromatic rings. The molecule has 0 aliphatic carbocycles. The maximum atomic E-state index is 13.8. The quantitative estimate of drug-likeness (QED) is 0.645. The number of hydrogen-bond donors (Lipinski definition) is 1. The number of ether oxygens (including phenoxy) is 1. The number of nitrogens with one attached hydrogen (secondary N) is 1. The molecule has 0 bridgehead atoms. The maximum Gasteiger partial charge on any atom is 0.237 e. The average molecular weight is 416 g/mol. The topological polar surface area (TPSA) is 41.6 Å². The number of rotatable bonds is 6. The molecule has 0 aromatic heterocycles. The lowest BCUT2D eigenvalue weighted by atomic mass is 9.98. The summed E-state index contributed by atoms with van der Waals surface area (Å²) in [5.41, 5.74) is 2.92. The molecule has 5 heteroatoms. The van der Waals surface area contributed by atoms with Gasteiger partial charge in [0.1, 0.15) is 18.2 Å². The molecule has 3 atom stereocenters. The first-order valence-electron chi connectivity index (χ1n) is 10.7. The SMILES string of the molecule is O=C1NC[C@H]2C[C@H](c3ccc(OCc4ccccc4F)cc3)N(Cc3ccccc3)C12. The minimum absolute atomic E-state index is 0.0813. The van der Waals surface area contributed by atoms with E-state index in [0.29, 0.717) is 17.2 Å². The molecule has 3 aromatic carbocycles. The van der Waals surface area contributed by atoms with Crippen molar-refractivity contribution >= 4 is 5.91 Å². The monoisotopic (exact) mass is 416 g/mol. The first-order chi connectivity index (χ1) is 15.2. The van der Waals surface area contributed by atoms with Crippen molar-refractivity contribution in [2.24, 2.45) is 5.92 Å². The summed E-state index contributed by atoms with van der Waals surface area (Å²) < 4.78 is 19.6. The zero-order valence-corrected chi connectivity index (χ0v) is 17.2. The van der Waals surface area contributed by atoms with Crippen molar-refractivity contribution < 1.29 is 13.9 Å². The molecule has 0 spiro atoms. The lowest BCUT2D eigenvalue weighted by Gasteiger charge is -2.29. The predicted molar refractivity (Wildman–Crippen MR) is 117 cm³/mol. The first kappa shape index (κ1) is 19.8. The van der Waals surface area contributed by atoms with Crippen LogP contribution in [0.15, 0.2) is 78.9 Å². The van der Waals surface area contributed by atoms with E-state index in [4.69, 9.17) is 4.74 Å². The summed E-state index contributed by atoms with van der Waals surface area (Å²) in [7, 11) is 0. The van der Waals surface area contributed by atoms with Crippen LogP contribution in [0.2, 0.25) is 0 Å². The van der Waals surface area contributed by atoms with Crippen LogP contribution < -0.4 is 10.1 Å². The highest BCUT2D eigenvalue weighted by Gasteiger charge is 2.48. The van der Waals surface area contributed by atoms with Gasteiger partial charge in [-0.1, -0.05) is 60.7 Å². The van der Waals surface area contributed by atoms with Gasteiger partial charge in [0.05, 0.1) is 6.04 Å². The van der Waals surface area contributed by atoms with Crippen LogP contribution in [0.1, 0.15) is 29.2 Å². The summed E-state index contributed by atoms with van der Waals surface area (Å²) >= 11 is 0. The van der Waals surface area contributed by atoms with Gasteiger partial charge in [-0.25, -0.2) is 4.39 Å². The van der Waals surface area contributed by atoms with Gasteiger partial charge in [-0.05, 0) is 35.7 Å². The van der Waals surface area contributed by atoms with Gasteiger partial charge < -0.3 is 10.1 Å². The number of fused-ring (bicyclic) bond motifs is 1. The Balaban J connectivity index is 1.33. The van der Waals surface area contributed by atoms with E-state index >= 15 is 0 Å². The van der Waals surface area contributed by atoms with Crippen molar-refractivity contribution in [2.45, 2.75) is 31.7 Å². The Hall–Kier alpha value is -3.18. The molecule has 1 N–H and O–H groups in total. The fraction of sp³-hybridized carbons (Fsp3) is 0.269. The third-order valence-electron chi connectivity index (χ3n) is 6.36. The number of carbonyl (C=O) groups excluding carboxylic acids is 1. The first-order valence-corrected chi connectivity index (χ1v) is 10.7. The zero-order chi connectivity index (χ0) is 21.2. The van der Waals surface area contributed by atoms with Crippen molar-refractivity contribution in [3.63, 3.8) is 0 Å². The summed E-state index contributed by atoms with van der Waals surface area (Å²) in [6, 6.07) is 25.1. The van der Waals surface area contributed by atoms with Crippen LogP contribution in [-0.2, 0) is 17.9 Å². The van der Waals surface area contributed by atoms with Crippen molar-refractivity contribution in [1.82, 2.24) is 10.2 Å². The van der Waals surface area contributed by atoms with Gasteiger partial charge in [-0.3, -0.25) is 9.69 Å². The number of amides is 1. The van der Waals surface area contributed by atoms with Crippen LogP contribution in [0.5, 0.6) is 5.75 Å². The summed E-state index contributed by atoms with van der Waals surface area (Å²) in [4.78, 5) is 14.9. The molecule has 2 aliphatic rings. The van der Waals surface area contributed by atoms with Crippen LogP contribution in [0, 0.1) is 11.7 Å². The van der Waals surface area contributed by atoms with Gasteiger partial charge in [0, 0.05) is 30.6 Å². The van der Waals surface area contributed by atoms with E-state index in [2.05, 4.69) is 34.5 Å². The van der Waals surface area contributed by atoms with Crippen molar-refractivity contribution in [1.29, 1.82) is 0 Å². The van der Waals surface area contributed by atoms with Crippen molar-refractivity contribution in [2.75, 3.05) is 6.54 Å². The van der Waals surface area contributed by atoms with E-state index < -0.39 is 0 Å². The molecule has 2 aliphatic heterocycles. The van der Waals surface area contributed by atoms with Crippen LogP contribution in [0.4, 0.5) is 4.39 Å². The summed E-state index contributed by atoms with van der Waals surface area (Å²) in [5, 5.41) is 3.02. The summed E-state index contributed by atoms with van der Waals surface area (Å²) in [5.74, 6) is 0.912. The molecular formula is C26H25FN2O2. The average Bonchev–Trinajstić information content (AvgIpc) is 3.34. The third-order valence-corrected chi connectivity index (χ3v) is 6.36. The lowest BCUT2D eigenvalue weighted by Crippen LogP contribution is -2.39. The maximum absolute atomic E-state index is 13.8. The summed E-state index contributed by atoms with van der Waals surface area (Å²) in [6.07, 6.45) is 0.950. The van der Waals surface area contributed by atoms with E-state index in [-0.39, 0.29) is 30.4 Å². The van der Waals surface area contributed by atoms with Crippen LogP contribution in [0.25, 0.3) is 0 Å². The Morgan fingerprint density at radius 1 is 0.968 bits per heavy atom. The van der Waals surface area contributed by atoms with Crippen LogP contribution >= 0.6 is 0 Å². The number of hydrogen-bond acceptors (Lipinski definition) is 3. The molecule has 4 nitrogen and oxygen atoms in total. The fourth-order valence-corrected chi connectivity index (χ4v) is 4.80. The van der Waals surface area contributed by atoms with E-state index in [0.717, 1.165) is 19.5 Å². The standard InChI is InChI=1S/C26H25FN2O2/c27-23-9-5-4-8-20(23)17-31-22-12-10-19(11-13-22)24-14-21-15-28-26(30)25(21)29(24)16-18-6-2-1-3-7-18/h1-13,21,24-25H,14-17H2,(H,28,30)/t21-,24-,25?/m1/s1. The van der Waals surface area contributed by atoms with Crippen LogP contribution in [0.3, 0.4) is 0 Å². The molecule has 158 valence electrons. The molecule has 1 amide bonds. The molecular weight excluding hydrogens is 391 g/mol. The molecule has 2 fully saturated rings. The third kappa shape index (κ3) is 4.06. The Morgan fingerprint density at radius 2 is 1.71 bits per heavy atom. The Bertz CT molecular complexity index is 1050. The van der Waals surface area contributed by atoms with Gasteiger partial charge in [0.2, 0.25) is 5.91 Å². The molecule has 0 radical (unpaired) electrons. The van der Waals surface area contributed by atoms with E-state index in [1.165, 1.54) is 17.2 Å². The number of benzene rings is 3. The second-order valence-electron chi connectivity index (χ2n) is 8.31. The highest BCUT2D eigenvalue weighted by Crippen LogP contribution is 2.43. The molecule has 5 rings (SSSR count). The van der Waals surface area contributed by atoms with Gasteiger partial charge in [-0.2, -0.15) is 0 Å². The summed E-state index contributed by atoms with van der Waals surface area (Å²) in [6.45, 7) is 1.68. The molecule has 31 heavy (non-hydrogen) atoms. The zero-order valence-electron chi connectivity index (χ0n) is 17.2. The second-order valence-corrected chi connectivity index (χ2v) is 8.31. The lowest BCUT2D eigenvalue weighted by molar-refractivity contribution is -0.124. The van der Waals surface area contributed by atoms with E-state index in [9.17, 15) is 9.18 Å². The van der Waals surface area contributed by atoms with Gasteiger partial charge >= 0.3 is 0 Å². The largest absolute Gasteiger partial charge is 0.489 e. The highest BCUT2D eigenvalue weighted by molar-refractivity contribution is 5.85. The number of carbonyl (C=O) groups is 1. The predicted octanol–water partition coefficient (Wildman–Crippen LogP) is 4.47. The number of nitrogens with zero attached hydrogens (tertiary/aromatic N) is 1. The second kappa shape index (κ2) is 8.52. The van der Waals surface area contributed by atoms with Crippen LogP contribution in [-0.4, -0.2) is 23.4 Å². The Morgan fingerprint density at radius 3 is 2.48 bits per heavy atom. The highest BCUT2D eigenvalue weighted by atomic mass is 19.1. The van der Waals surface area contributed by atoms with E-state index in [1.54, 1.807) is 18.2 Å². The number of likely N-dealkylation sites (tertiary alicyclic amines) is 1. The fourth-order valence-electron chi connectivity index (χ4n) is 4.80. The smallest absolute Gasteiger partial charge is 0.237 e. The molecule has 1 unspecified atom stereocenters. The Labute approximate surface area is 181 Å². The minimum atomic E-state index is -0.258. The molecule has 2 heterocycles.